The molecular formula is C9H14N6S. The van der Waals surface area contributed by atoms with Gasteiger partial charge in [-0.3, -0.25) is 4.68 Å². The first-order chi connectivity index (χ1) is 7.70. The third-order valence-electron chi connectivity index (χ3n) is 2.28. The van der Waals surface area contributed by atoms with E-state index in [1.165, 1.54) is 11.5 Å². The van der Waals surface area contributed by atoms with Gasteiger partial charge in [-0.2, -0.15) is 9.47 Å². The lowest BCUT2D eigenvalue weighted by Gasteiger charge is -2.01. The molecule has 0 amide bonds. The molecule has 0 aromatic carbocycles. The lowest BCUT2D eigenvalue weighted by atomic mass is 10.3. The van der Waals surface area contributed by atoms with Crippen molar-refractivity contribution < 1.29 is 0 Å². The van der Waals surface area contributed by atoms with Gasteiger partial charge in [0.1, 0.15) is 11.6 Å². The molecule has 0 bridgehead atoms. The SMILES string of the molecule is CCc1nsc(NCc2cnn(C)c2N)n1. The van der Waals surface area contributed by atoms with E-state index < -0.39 is 0 Å². The van der Waals surface area contributed by atoms with Crippen LogP contribution in [0.3, 0.4) is 0 Å². The molecule has 0 spiro atoms. The molecule has 0 aliphatic rings. The summed E-state index contributed by atoms with van der Waals surface area (Å²) in [5.41, 5.74) is 6.79. The molecule has 0 atom stereocenters. The zero-order chi connectivity index (χ0) is 11.5. The molecule has 3 N–H and O–H groups in total. The number of hydrogen-bond acceptors (Lipinski definition) is 6. The second-order valence-electron chi connectivity index (χ2n) is 3.40. The smallest absolute Gasteiger partial charge is 0.202 e. The average molecular weight is 238 g/mol. The molecule has 7 heteroatoms. The minimum Gasteiger partial charge on any atom is -0.384 e. The van der Waals surface area contributed by atoms with Gasteiger partial charge in [0.15, 0.2) is 0 Å². The van der Waals surface area contributed by atoms with Crippen LogP contribution in [0.4, 0.5) is 10.9 Å². The monoisotopic (exact) mass is 238 g/mol. The standard InChI is InChI=1S/C9H14N6S/c1-3-7-13-9(16-14-7)11-4-6-5-12-15(2)8(6)10/h5H,3-4,10H2,1-2H3,(H,11,13,14). The van der Waals surface area contributed by atoms with Crippen LogP contribution in [0.5, 0.6) is 0 Å². The number of nitrogens with zero attached hydrogens (tertiary/aromatic N) is 4. The van der Waals surface area contributed by atoms with Crippen molar-refractivity contribution in [3.8, 4) is 0 Å². The van der Waals surface area contributed by atoms with Crippen molar-refractivity contribution in [2.45, 2.75) is 19.9 Å². The lowest BCUT2D eigenvalue weighted by Crippen LogP contribution is -2.03. The van der Waals surface area contributed by atoms with Crippen molar-refractivity contribution in [2.75, 3.05) is 11.1 Å². The number of nitrogens with two attached hydrogens (primary N) is 1. The van der Waals surface area contributed by atoms with E-state index in [9.17, 15) is 0 Å². The van der Waals surface area contributed by atoms with Crippen LogP contribution in [0.2, 0.25) is 0 Å². The number of nitrogens with one attached hydrogen (secondary N) is 1. The van der Waals surface area contributed by atoms with Crippen molar-refractivity contribution in [3.05, 3.63) is 17.6 Å². The fourth-order valence-corrected chi connectivity index (χ4v) is 1.91. The summed E-state index contributed by atoms with van der Waals surface area (Å²) >= 11 is 1.37. The molecule has 86 valence electrons. The summed E-state index contributed by atoms with van der Waals surface area (Å²) in [4.78, 5) is 4.31. The normalized spacial score (nSPS) is 10.6. The first-order valence-corrected chi connectivity index (χ1v) is 5.81. The maximum atomic E-state index is 5.83. The fourth-order valence-electron chi connectivity index (χ4n) is 1.27. The topological polar surface area (TPSA) is 81.7 Å². The highest BCUT2D eigenvalue weighted by atomic mass is 32.1. The first-order valence-electron chi connectivity index (χ1n) is 5.03. The van der Waals surface area contributed by atoms with Gasteiger partial charge < -0.3 is 11.1 Å². The Morgan fingerprint density at radius 3 is 2.94 bits per heavy atom. The van der Waals surface area contributed by atoms with Crippen LogP contribution in [-0.2, 0) is 20.0 Å². The summed E-state index contributed by atoms with van der Waals surface area (Å²) in [6.45, 7) is 2.66. The van der Waals surface area contributed by atoms with Crippen LogP contribution >= 0.6 is 11.5 Å². The number of hydrogen-bond donors (Lipinski definition) is 2. The van der Waals surface area contributed by atoms with Gasteiger partial charge in [0, 0.05) is 37.1 Å². The van der Waals surface area contributed by atoms with Gasteiger partial charge in [-0.25, -0.2) is 4.98 Å². The predicted molar refractivity (Wildman–Crippen MR) is 64.2 cm³/mol. The molecule has 2 aromatic rings. The van der Waals surface area contributed by atoms with Crippen LogP contribution in [-0.4, -0.2) is 19.1 Å². The Bertz CT molecular complexity index is 474. The molecule has 0 saturated heterocycles. The minimum absolute atomic E-state index is 0.623. The average Bonchev–Trinajstić information content (AvgIpc) is 2.86. The highest BCUT2D eigenvalue weighted by Crippen LogP contribution is 2.15. The molecule has 2 rings (SSSR count). The Hall–Kier alpha value is -1.63. The molecule has 2 heterocycles. The van der Waals surface area contributed by atoms with Crippen molar-refractivity contribution in [2.24, 2.45) is 7.05 Å². The molecular weight excluding hydrogens is 224 g/mol. The Morgan fingerprint density at radius 2 is 2.38 bits per heavy atom. The summed E-state index contributed by atoms with van der Waals surface area (Å²) < 4.78 is 5.84. The quantitative estimate of drug-likeness (QED) is 0.831. The molecule has 0 saturated carbocycles. The van der Waals surface area contributed by atoms with E-state index in [-0.39, 0.29) is 0 Å². The van der Waals surface area contributed by atoms with Gasteiger partial charge in [0.05, 0.1) is 6.20 Å². The van der Waals surface area contributed by atoms with Crippen LogP contribution in [0.15, 0.2) is 6.20 Å². The molecule has 6 nitrogen and oxygen atoms in total. The predicted octanol–water partition coefficient (Wildman–Crippen LogP) is 1.03. The Morgan fingerprint density at radius 1 is 1.56 bits per heavy atom. The van der Waals surface area contributed by atoms with E-state index in [1.807, 2.05) is 14.0 Å². The summed E-state index contributed by atoms with van der Waals surface area (Å²) in [5.74, 6) is 1.54. The lowest BCUT2D eigenvalue weighted by molar-refractivity contribution is 0.778. The van der Waals surface area contributed by atoms with Crippen LogP contribution in [0.1, 0.15) is 18.3 Å². The number of anilines is 2. The summed E-state index contributed by atoms with van der Waals surface area (Å²) in [5, 5.41) is 8.07. The largest absolute Gasteiger partial charge is 0.384 e. The molecule has 0 unspecified atom stereocenters. The second kappa shape index (κ2) is 4.48. The van der Waals surface area contributed by atoms with Gasteiger partial charge >= 0.3 is 0 Å². The van der Waals surface area contributed by atoms with E-state index in [2.05, 4.69) is 19.8 Å². The van der Waals surface area contributed by atoms with Crippen LogP contribution < -0.4 is 11.1 Å². The molecule has 0 aliphatic heterocycles. The van der Waals surface area contributed by atoms with Crippen LogP contribution in [0, 0.1) is 0 Å². The highest BCUT2D eigenvalue weighted by Gasteiger charge is 2.06. The van der Waals surface area contributed by atoms with E-state index >= 15 is 0 Å². The molecule has 2 aromatic heterocycles. The van der Waals surface area contributed by atoms with Crippen molar-refractivity contribution in [3.63, 3.8) is 0 Å². The molecule has 0 fully saturated rings. The van der Waals surface area contributed by atoms with E-state index in [0.717, 1.165) is 22.9 Å². The number of rotatable bonds is 4. The summed E-state index contributed by atoms with van der Waals surface area (Å²) in [7, 11) is 1.82. The maximum absolute atomic E-state index is 5.83. The van der Waals surface area contributed by atoms with E-state index in [0.29, 0.717) is 12.4 Å². The van der Waals surface area contributed by atoms with Gasteiger partial charge in [0.2, 0.25) is 5.13 Å². The Kier molecular flexibility index (Phi) is 3.04. The van der Waals surface area contributed by atoms with Crippen molar-refractivity contribution >= 4 is 22.5 Å². The van der Waals surface area contributed by atoms with Crippen molar-refractivity contribution in [1.29, 1.82) is 0 Å². The summed E-state index contributed by atoms with van der Waals surface area (Å²) in [6, 6.07) is 0. The van der Waals surface area contributed by atoms with E-state index in [4.69, 9.17) is 5.73 Å². The van der Waals surface area contributed by atoms with E-state index in [1.54, 1.807) is 10.9 Å². The van der Waals surface area contributed by atoms with Crippen LogP contribution in [0.25, 0.3) is 0 Å². The third-order valence-corrected chi connectivity index (χ3v) is 2.99. The van der Waals surface area contributed by atoms with Gasteiger partial charge in [0.25, 0.3) is 0 Å². The summed E-state index contributed by atoms with van der Waals surface area (Å²) in [6.07, 6.45) is 2.61. The third kappa shape index (κ3) is 2.13. The Labute approximate surface area is 97.7 Å². The maximum Gasteiger partial charge on any atom is 0.202 e. The van der Waals surface area contributed by atoms with Gasteiger partial charge in [-0.05, 0) is 0 Å². The van der Waals surface area contributed by atoms with Crippen molar-refractivity contribution in [1.82, 2.24) is 19.1 Å². The number of nitrogen functional groups attached to an aromatic ring is 1. The number of aromatic nitrogens is 4. The highest BCUT2D eigenvalue weighted by molar-refractivity contribution is 7.09. The first kappa shape index (κ1) is 10.9. The Balaban J connectivity index is 1.99. The zero-order valence-corrected chi connectivity index (χ0v) is 10.1. The van der Waals surface area contributed by atoms with Gasteiger partial charge in [-0.15, -0.1) is 0 Å². The zero-order valence-electron chi connectivity index (χ0n) is 9.27. The minimum atomic E-state index is 0.623. The van der Waals surface area contributed by atoms with Gasteiger partial charge in [-0.1, -0.05) is 6.92 Å². The molecule has 0 radical (unpaired) electrons. The molecule has 16 heavy (non-hydrogen) atoms. The number of aryl methyl sites for hydroxylation is 2. The molecule has 0 aliphatic carbocycles. The second-order valence-corrected chi connectivity index (χ2v) is 4.15. The fraction of sp³-hybridized carbons (Fsp3) is 0.444.